The van der Waals surface area contributed by atoms with Crippen molar-refractivity contribution in [1.29, 1.82) is 0 Å². The Morgan fingerprint density at radius 3 is 2.44 bits per heavy atom. The zero-order chi connectivity index (χ0) is 12.0. The lowest BCUT2D eigenvalue weighted by molar-refractivity contribution is 0.149. The summed E-state index contributed by atoms with van der Waals surface area (Å²) in [6, 6.07) is 4.08. The maximum atomic E-state index is 9.42. The van der Waals surface area contributed by atoms with Crippen molar-refractivity contribution in [2.75, 3.05) is 6.61 Å². The van der Waals surface area contributed by atoms with Crippen molar-refractivity contribution in [3.05, 3.63) is 29.6 Å². The van der Waals surface area contributed by atoms with E-state index in [9.17, 15) is 5.11 Å². The van der Waals surface area contributed by atoms with Crippen LogP contribution in [0.5, 0.6) is 0 Å². The maximum absolute atomic E-state index is 9.42. The minimum absolute atomic E-state index is 0.148. The monoisotopic (exact) mass is 222 g/mol. The molecule has 0 atom stereocenters. The normalized spacial score (nSPS) is 11.8. The van der Waals surface area contributed by atoms with Crippen LogP contribution in [0.2, 0.25) is 0 Å². The Morgan fingerprint density at radius 2 is 2.00 bits per heavy atom. The highest BCUT2D eigenvalue weighted by atomic mass is 16.3. The molecule has 0 aliphatic rings. The molecule has 1 aromatic rings. The van der Waals surface area contributed by atoms with Gasteiger partial charge in [-0.15, -0.1) is 0 Å². The van der Waals surface area contributed by atoms with Gasteiger partial charge in [0.1, 0.15) is 0 Å². The van der Waals surface area contributed by atoms with Crippen molar-refractivity contribution in [2.45, 2.75) is 45.7 Å². The summed E-state index contributed by atoms with van der Waals surface area (Å²) in [5, 5.41) is 12.8. The van der Waals surface area contributed by atoms with E-state index < -0.39 is 0 Å². The number of hydrogen-bond acceptors (Lipinski definition) is 3. The number of aromatic nitrogens is 1. The van der Waals surface area contributed by atoms with Gasteiger partial charge >= 0.3 is 0 Å². The molecule has 0 aromatic carbocycles. The molecule has 0 saturated carbocycles. The van der Waals surface area contributed by atoms with E-state index in [0.717, 1.165) is 30.6 Å². The van der Waals surface area contributed by atoms with Gasteiger partial charge in [0, 0.05) is 24.0 Å². The molecule has 0 saturated heterocycles. The van der Waals surface area contributed by atoms with Gasteiger partial charge in [0.2, 0.25) is 0 Å². The molecule has 0 aliphatic carbocycles. The van der Waals surface area contributed by atoms with Crippen LogP contribution >= 0.6 is 0 Å². The molecule has 3 heteroatoms. The first-order valence-corrected chi connectivity index (χ1v) is 5.93. The third kappa shape index (κ3) is 3.29. The molecular formula is C13H22N2O. The van der Waals surface area contributed by atoms with Gasteiger partial charge in [0.25, 0.3) is 0 Å². The third-order valence-corrected chi connectivity index (χ3v) is 3.30. The number of aryl methyl sites for hydroxylation is 1. The molecule has 2 N–H and O–H groups in total. The van der Waals surface area contributed by atoms with Crippen LogP contribution in [0.1, 0.15) is 37.9 Å². The highest BCUT2D eigenvalue weighted by Gasteiger charge is 2.23. The number of pyridine rings is 1. The van der Waals surface area contributed by atoms with E-state index in [1.54, 1.807) is 0 Å². The zero-order valence-electron chi connectivity index (χ0n) is 10.5. The van der Waals surface area contributed by atoms with Crippen molar-refractivity contribution in [3.63, 3.8) is 0 Å². The summed E-state index contributed by atoms with van der Waals surface area (Å²) in [5.74, 6) is 0. The van der Waals surface area contributed by atoms with Gasteiger partial charge in [-0.1, -0.05) is 19.9 Å². The van der Waals surface area contributed by atoms with Gasteiger partial charge in [-0.3, -0.25) is 4.98 Å². The SMILES string of the molecule is CCC(CC)(CO)NCc1ccc(C)nc1. The molecule has 0 unspecified atom stereocenters. The highest BCUT2D eigenvalue weighted by Crippen LogP contribution is 2.15. The summed E-state index contributed by atoms with van der Waals surface area (Å²) in [7, 11) is 0. The van der Waals surface area contributed by atoms with Gasteiger partial charge in [-0.2, -0.15) is 0 Å². The smallest absolute Gasteiger partial charge is 0.0613 e. The Bertz CT molecular complexity index is 296. The molecule has 0 amide bonds. The fourth-order valence-corrected chi connectivity index (χ4v) is 1.67. The fraction of sp³-hybridized carbons (Fsp3) is 0.615. The average Bonchev–Trinajstić information content (AvgIpc) is 2.34. The summed E-state index contributed by atoms with van der Waals surface area (Å²) in [4.78, 5) is 4.25. The lowest BCUT2D eigenvalue weighted by Crippen LogP contribution is -2.47. The van der Waals surface area contributed by atoms with Crippen molar-refractivity contribution >= 4 is 0 Å². The first-order valence-electron chi connectivity index (χ1n) is 5.93. The summed E-state index contributed by atoms with van der Waals surface area (Å²) < 4.78 is 0. The van der Waals surface area contributed by atoms with Gasteiger partial charge in [-0.05, 0) is 31.4 Å². The van der Waals surface area contributed by atoms with E-state index >= 15 is 0 Å². The number of nitrogens with zero attached hydrogens (tertiary/aromatic N) is 1. The first-order chi connectivity index (χ1) is 7.65. The Labute approximate surface area is 97.9 Å². The second kappa shape index (κ2) is 5.97. The van der Waals surface area contributed by atoms with E-state index in [0.29, 0.717) is 0 Å². The molecule has 90 valence electrons. The van der Waals surface area contributed by atoms with Crippen LogP contribution in [-0.4, -0.2) is 22.2 Å². The van der Waals surface area contributed by atoms with E-state index in [1.165, 1.54) is 0 Å². The second-order valence-corrected chi connectivity index (χ2v) is 4.31. The number of rotatable bonds is 6. The van der Waals surface area contributed by atoms with Crippen LogP contribution in [0.25, 0.3) is 0 Å². The predicted molar refractivity (Wildman–Crippen MR) is 66.2 cm³/mol. The average molecular weight is 222 g/mol. The molecule has 1 aromatic heterocycles. The van der Waals surface area contributed by atoms with Crippen molar-refractivity contribution in [2.24, 2.45) is 0 Å². The van der Waals surface area contributed by atoms with Crippen LogP contribution in [-0.2, 0) is 6.54 Å². The van der Waals surface area contributed by atoms with Gasteiger partial charge < -0.3 is 10.4 Å². The van der Waals surface area contributed by atoms with Gasteiger partial charge in [-0.25, -0.2) is 0 Å². The predicted octanol–water partition coefficient (Wildman–Crippen LogP) is 2.03. The van der Waals surface area contributed by atoms with Crippen LogP contribution < -0.4 is 5.32 Å². The number of hydrogen-bond donors (Lipinski definition) is 2. The lowest BCUT2D eigenvalue weighted by atomic mass is 9.93. The van der Waals surface area contributed by atoms with Crippen molar-refractivity contribution in [3.8, 4) is 0 Å². The molecule has 16 heavy (non-hydrogen) atoms. The first kappa shape index (κ1) is 13.1. The Kier molecular flexibility index (Phi) is 4.90. The topological polar surface area (TPSA) is 45.1 Å². The molecule has 0 spiro atoms. The molecule has 0 radical (unpaired) electrons. The highest BCUT2D eigenvalue weighted by molar-refractivity contribution is 5.13. The Hall–Kier alpha value is -0.930. The standard InChI is InChI=1S/C13H22N2O/c1-4-13(5-2,10-16)15-9-12-7-6-11(3)14-8-12/h6-8,15-16H,4-5,9-10H2,1-3H3. The van der Waals surface area contributed by atoms with Gasteiger partial charge in [0.05, 0.1) is 6.61 Å². The number of nitrogens with one attached hydrogen (secondary N) is 1. The van der Waals surface area contributed by atoms with E-state index in [2.05, 4.69) is 30.2 Å². The minimum atomic E-state index is -0.148. The summed E-state index contributed by atoms with van der Waals surface area (Å²) in [6.45, 7) is 7.11. The Morgan fingerprint density at radius 1 is 1.31 bits per heavy atom. The van der Waals surface area contributed by atoms with Crippen molar-refractivity contribution in [1.82, 2.24) is 10.3 Å². The quantitative estimate of drug-likeness (QED) is 0.774. The van der Waals surface area contributed by atoms with E-state index in [1.807, 2.05) is 19.2 Å². The number of aliphatic hydroxyl groups is 1. The van der Waals surface area contributed by atoms with Gasteiger partial charge in [0.15, 0.2) is 0 Å². The zero-order valence-corrected chi connectivity index (χ0v) is 10.5. The molecule has 3 nitrogen and oxygen atoms in total. The van der Waals surface area contributed by atoms with Crippen LogP contribution in [0, 0.1) is 6.92 Å². The maximum Gasteiger partial charge on any atom is 0.0613 e. The van der Waals surface area contributed by atoms with E-state index in [-0.39, 0.29) is 12.1 Å². The molecule has 0 fully saturated rings. The van der Waals surface area contributed by atoms with Crippen LogP contribution in [0.3, 0.4) is 0 Å². The summed E-state index contributed by atoms with van der Waals surface area (Å²) in [6.07, 6.45) is 3.74. The number of aliphatic hydroxyl groups excluding tert-OH is 1. The minimum Gasteiger partial charge on any atom is -0.394 e. The van der Waals surface area contributed by atoms with Crippen LogP contribution in [0.15, 0.2) is 18.3 Å². The van der Waals surface area contributed by atoms with Crippen molar-refractivity contribution < 1.29 is 5.11 Å². The van der Waals surface area contributed by atoms with E-state index in [4.69, 9.17) is 0 Å². The fourth-order valence-electron chi connectivity index (χ4n) is 1.67. The largest absolute Gasteiger partial charge is 0.394 e. The lowest BCUT2D eigenvalue weighted by Gasteiger charge is -2.31. The molecule has 0 bridgehead atoms. The Balaban J connectivity index is 2.58. The summed E-state index contributed by atoms with van der Waals surface area (Å²) in [5.41, 5.74) is 2.04. The molecule has 1 rings (SSSR count). The van der Waals surface area contributed by atoms with Crippen LogP contribution in [0.4, 0.5) is 0 Å². The molecule has 1 heterocycles. The summed E-state index contributed by atoms with van der Waals surface area (Å²) >= 11 is 0. The molecule has 0 aliphatic heterocycles. The molecular weight excluding hydrogens is 200 g/mol. The third-order valence-electron chi connectivity index (χ3n) is 3.30. The second-order valence-electron chi connectivity index (χ2n) is 4.31.